The molecule has 0 bridgehead atoms. The Hall–Kier alpha value is -2.10. The molecule has 2 atom stereocenters. The molecule has 1 aromatic carbocycles. The largest absolute Gasteiger partial charge is 0.434 e. The number of cyclic esters (lactones) is 1. The van der Waals surface area contributed by atoms with Crippen molar-refractivity contribution >= 4 is 23.6 Å². The van der Waals surface area contributed by atoms with Crippen LogP contribution in [-0.4, -0.2) is 35.7 Å². The van der Waals surface area contributed by atoms with Crippen molar-refractivity contribution in [2.24, 2.45) is 17.6 Å². The lowest BCUT2D eigenvalue weighted by atomic mass is 9.68. The number of primary amides is 1. The Morgan fingerprint density at radius 2 is 1.93 bits per heavy atom. The van der Waals surface area contributed by atoms with Crippen LogP contribution in [0.1, 0.15) is 24.4 Å². The van der Waals surface area contributed by atoms with Crippen molar-refractivity contribution in [2.75, 3.05) is 6.54 Å². The molecule has 1 saturated heterocycles. The summed E-state index contributed by atoms with van der Waals surface area (Å²) >= 11 is 5.58. The first-order valence-corrected chi connectivity index (χ1v) is 8.35. The van der Waals surface area contributed by atoms with E-state index in [9.17, 15) is 31.5 Å². The number of ether oxygens (including phenoxy) is 1. The van der Waals surface area contributed by atoms with Crippen molar-refractivity contribution in [3.63, 3.8) is 0 Å². The molecule has 1 heterocycles. The molecule has 11 heteroatoms. The summed E-state index contributed by atoms with van der Waals surface area (Å²) in [7, 11) is 0. The van der Waals surface area contributed by atoms with Gasteiger partial charge in [0, 0.05) is 5.56 Å². The van der Waals surface area contributed by atoms with Gasteiger partial charge in [0.1, 0.15) is 16.7 Å². The second-order valence-electron chi connectivity index (χ2n) is 6.61. The first-order chi connectivity index (χ1) is 12.5. The van der Waals surface area contributed by atoms with Gasteiger partial charge in [-0.05, 0) is 24.8 Å². The second kappa shape index (κ2) is 6.81. The number of amides is 2. The predicted octanol–water partition coefficient (Wildman–Crippen LogP) is 3.55. The van der Waals surface area contributed by atoms with E-state index in [1.165, 1.54) is 0 Å². The van der Waals surface area contributed by atoms with Crippen LogP contribution in [-0.2, 0) is 9.53 Å². The van der Waals surface area contributed by atoms with Gasteiger partial charge in [-0.3, -0.25) is 9.69 Å². The van der Waals surface area contributed by atoms with Gasteiger partial charge in [-0.25, -0.2) is 13.6 Å². The summed E-state index contributed by atoms with van der Waals surface area (Å²) in [6, 6.07) is 0.687. The summed E-state index contributed by atoms with van der Waals surface area (Å²) in [6.45, 7) is -0.347. The minimum atomic E-state index is -4.42. The smallest absolute Gasteiger partial charge is 0.411 e. The van der Waals surface area contributed by atoms with E-state index >= 15 is 0 Å². The van der Waals surface area contributed by atoms with Gasteiger partial charge in [-0.1, -0.05) is 17.7 Å². The molecule has 2 N–H and O–H groups in total. The Balaban J connectivity index is 1.95. The summed E-state index contributed by atoms with van der Waals surface area (Å²) < 4.78 is 71.4. The zero-order valence-corrected chi connectivity index (χ0v) is 14.4. The number of carbonyl (C=O) groups excluding carboxylic acids is 2. The van der Waals surface area contributed by atoms with E-state index in [1.54, 1.807) is 0 Å². The molecule has 148 valence electrons. The van der Waals surface area contributed by atoms with Crippen molar-refractivity contribution < 1.29 is 36.3 Å². The zero-order chi connectivity index (χ0) is 20.1. The lowest BCUT2D eigenvalue weighted by Gasteiger charge is -2.44. The fraction of sp³-hybridized carbons (Fsp3) is 0.500. The van der Waals surface area contributed by atoms with Gasteiger partial charge >= 0.3 is 12.3 Å². The average Bonchev–Trinajstić information content (AvgIpc) is 2.89. The van der Waals surface area contributed by atoms with Crippen LogP contribution in [0.3, 0.4) is 0 Å². The summed E-state index contributed by atoms with van der Waals surface area (Å²) in [6.07, 6.45) is -7.45. The third kappa shape index (κ3) is 3.54. The Bertz CT molecular complexity index is 782. The van der Waals surface area contributed by atoms with Gasteiger partial charge in [-0.15, -0.1) is 0 Å². The fourth-order valence-corrected chi connectivity index (χ4v) is 3.66. The van der Waals surface area contributed by atoms with Gasteiger partial charge in [0.2, 0.25) is 0 Å². The van der Waals surface area contributed by atoms with E-state index in [0.717, 1.165) is 17.0 Å². The van der Waals surface area contributed by atoms with E-state index in [-0.39, 0.29) is 24.9 Å². The first-order valence-electron chi connectivity index (χ1n) is 7.97. The van der Waals surface area contributed by atoms with Crippen molar-refractivity contribution in [3.8, 4) is 0 Å². The number of hydrogen-bond donors (Lipinski definition) is 1. The van der Waals surface area contributed by atoms with Crippen LogP contribution >= 0.6 is 11.6 Å². The second-order valence-corrected chi connectivity index (χ2v) is 6.98. The summed E-state index contributed by atoms with van der Waals surface area (Å²) in [5.74, 6) is -5.52. The maximum atomic E-state index is 14.5. The highest BCUT2D eigenvalue weighted by Gasteiger charge is 2.53. The maximum absolute atomic E-state index is 14.5. The topological polar surface area (TPSA) is 72.6 Å². The minimum Gasteiger partial charge on any atom is -0.434 e. The van der Waals surface area contributed by atoms with Gasteiger partial charge in [0.05, 0.1) is 18.5 Å². The lowest BCUT2D eigenvalue weighted by molar-refractivity contribution is -0.209. The van der Waals surface area contributed by atoms with Gasteiger partial charge in [0.25, 0.3) is 5.91 Å². The van der Waals surface area contributed by atoms with Crippen LogP contribution in [0.25, 0.3) is 0 Å². The molecule has 1 aliphatic heterocycles. The molecular formula is C16H14ClF5N2O3. The van der Waals surface area contributed by atoms with E-state index < -0.39 is 58.8 Å². The molecule has 2 fully saturated rings. The average molecular weight is 413 g/mol. The molecule has 1 saturated carbocycles. The summed E-state index contributed by atoms with van der Waals surface area (Å²) in [5.41, 5.74) is 4.86. The third-order valence-electron chi connectivity index (χ3n) is 4.96. The van der Waals surface area contributed by atoms with E-state index in [2.05, 4.69) is 0 Å². The van der Waals surface area contributed by atoms with Crippen LogP contribution < -0.4 is 5.73 Å². The number of benzene rings is 1. The first kappa shape index (κ1) is 19.7. The highest BCUT2D eigenvalue weighted by atomic mass is 35.5. The highest BCUT2D eigenvalue weighted by Crippen LogP contribution is 2.52. The molecule has 1 aromatic rings. The molecule has 3 rings (SSSR count). The minimum absolute atomic E-state index is 0.242. The highest BCUT2D eigenvalue weighted by molar-refractivity contribution is 6.31. The standard InChI is InChI=1S/C16H14ClF5N2O3/c17-11-9(18)2-1-8(12(11)19)13(6-3-7(4-6)16(20,21)22)24-5-10(14(23)25)27-15(24)26/h1-2,6-7,10,13H,3-5H2,(H2,23,25)/t6?,7?,10?,13-/m1/s1. The molecule has 1 aliphatic carbocycles. The Morgan fingerprint density at radius 1 is 1.30 bits per heavy atom. The molecule has 2 aliphatic rings. The zero-order valence-electron chi connectivity index (χ0n) is 13.6. The van der Waals surface area contributed by atoms with Gasteiger partial charge in [0.15, 0.2) is 6.10 Å². The Kier molecular flexibility index (Phi) is 4.96. The van der Waals surface area contributed by atoms with Crippen molar-refractivity contribution in [2.45, 2.75) is 31.2 Å². The molecule has 1 unspecified atom stereocenters. The molecule has 27 heavy (non-hydrogen) atoms. The molecular weight excluding hydrogens is 399 g/mol. The lowest BCUT2D eigenvalue weighted by Crippen LogP contribution is -2.45. The number of nitrogens with two attached hydrogens (primary N) is 1. The van der Waals surface area contributed by atoms with E-state index in [4.69, 9.17) is 22.1 Å². The van der Waals surface area contributed by atoms with Crippen molar-refractivity contribution in [3.05, 3.63) is 34.4 Å². The van der Waals surface area contributed by atoms with Crippen molar-refractivity contribution in [1.29, 1.82) is 0 Å². The van der Waals surface area contributed by atoms with Crippen LogP contribution in [0.5, 0.6) is 0 Å². The normalized spacial score (nSPS) is 26.5. The molecule has 0 spiro atoms. The number of halogens is 6. The predicted molar refractivity (Wildman–Crippen MR) is 82.5 cm³/mol. The quantitative estimate of drug-likeness (QED) is 0.607. The van der Waals surface area contributed by atoms with Crippen LogP contribution in [0.2, 0.25) is 5.02 Å². The molecule has 2 amide bonds. The number of rotatable bonds is 4. The van der Waals surface area contributed by atoms with Gasteiger partial charge in [-0.2, -0.15) is 13.2 Å². The fourth-order valence-electron chi connectivity index (χ4n) is 3.49. The number of hydrogen-bond acceptors (Lipinski definition) is 3. The van der Waals surface area contributed by atoms with Crippen LogP contribution in [0, 0.1) is 23.5 Å². The van der Waals surface area contributed by atoms with Gasteiger partial charge < -0.3 is 10.5 Å². The van der Waals surface area contributed by atoms with E-state index in [0.29, 0.717) is 0 Å². The van der Waals surface area contributed by atoms with Crippen molar-refractivity contribution in [1.82, 2.24) is 4.90 Å². The Morgan fingerprint density at radius 3 is 2.44 bits per heavy atom. The molecule has 0 aromatic heterocycles. The SMILES string of the molecule is NC(=O)C1CN([C@@H](c2ccc(F)c(Cl)c2F)C2CC(C(F)(F)F)C2)C(=O)O1. The number of carbonyl (C=O) groups is 2. The summed E-state index contributed by atoms with van der Waals surface area (Å²) in [5, 5.41) is -0.830. The molecule has 0 radical (unpaired) electrons. The number of alkyl halides is 3. The molecule has 5 nitrogen and oxygen atoms in total. The third-order valence-corrected chi connectivity index (χ3v) is 5.31. The van der Waals surface area contributed by atoms with E-state index in [1.807, 2.05) is 0 Å². The monoisotopic (exact) mass is 412 g/mol. The van der Waals surface area contributed by atoms with Crippen LogP contribution in [0.4, 0.5) is 26.7 Å². The van der Waals surface area contributed by atoms with Crippen LogP contribution in [0.15, 0.2) is 12.1 Å². The summed E-state index contributed by atoms with van der Waals surface area (Å²) in [4.78, 5) is 24.4. The number of nitrogens with zero attached hydrogens (tertiary/aromatic N) is 1. The Labute approximate surface area is 155 Å². The maximum Gasteiger partial charge on any atom is 0.411 e.